The Kier molecular flexibility index (Phi) is 4.60. The van der Waals surface area contributed by atoms with Crippen LogP contribution in [-0.2, 0) is 6.42 Å². The third-order valence-electron chi connectivity index (χ3n) is 4.42. The van der Waals surface area contributed by atoms with Gasteiger partial charge in [0.2, 0.25) is 0 Å². The summed E-state index contributed by atoms with van der Waals surface area (Å²) in [6, 6.07) is 8.85. The largest absolute Gasteiger partial charge is 0.478 e. The van der Waals surface area contributed by atoms with Crippen LogP contribution < -0.4 is 0 Å². The van der Waals surface area contributed by atoms with Gasteiger partial charge < -0.3 is 10.0 Å². The molecule has 1 unspecified atom stereocenters. The van der Waals surface area contributed by atoms with E-state index in [1.165, 1.54) is 0 Å². The number of amides is 1. The Balaban J connectivity index is 1.61. The van der Waals surface area contributed by atoms with E-state index in [0.717, 1.165) is 37.1 Å². The molecular formula is C19H20N2O3. The van der Waals surface area contributed by atoms with Gasteiger partial charge in [-0.2, -0.15) is 0 Å². The van der Waals surface area contributed by atoms with Gasteiger partial charge in [-0.05, 0) is 55.0 Å². The number of likely N-dealkylation sites (tertiary alicyclic amines) is 1. The van der Waals surface area contributed by atoms with Gasteiger partial charge in [-0.25, -0.2) is 4.79 Å². The highest BCUT2D eigenvalue weighted by Crippen LogP contribution is 2.23. The van der Waals surface area contributed by atoms with Crippen molar-refractivity contribution in [3.63, 3.8) is 0 Å². The predicted octanol–water partition coefficient (Wildman–Crippen LogP) is 2.79. The maximum atomic E-state index is 12.5. The van der Waals surface area contributed by atoms with Crippen molar-refractivity contribution >= 4 is 11.9 Å². The fraction of sp³-hybridized carbons (Fsp3) is 0.316. The second-order valence-electron chi connectivity index (χ2n) is 6.36. The smallest absolute Gasteiger partial charge is 0.335 e. The van der Waals surface area contributed by atoms with E-state index in [-0.39, 0.29) is 5.91 Å². The topological polar surface area (TPSA) is 70.5 Å². The summed E-state index contributed by atoms with van der Waals surface area (Å²) in [6.45, 7) is 3.41. The number of pyridine rings is 1. The van der Waals surface area contributed by atoms with E-state index in [1.807, 2.05) is 30.0 Å². The molecule has 5 heteroatoms. The molecule has 1 aromatic carbocycles. The van der Waals surface area contributed by atoms with Crippen LogP contribution in [0.25, 0.3) is 0 Å². The first-order valence-electron chi connectivity index (χ1n) is 8.06. The molecule has 1 atom stereocenters. The zero-order chi connectivity index (χ0) is 17.1. The normalized spacial score (nSPS) is 17.0. The van der Waals surface area contributed by atoms with Gasteiger partial charge in [0.1, 0.15) is 0 Å². The third kappa shape index (κ3) is 3.62. The number of carboxylic acids is 1. The number of carboxylic acid groups (broad SMARTS) is 1. The minimum absolute atomic E-state index is 0.0370. The highest BCUT2D eigenvalue weighted by Gasteiger charge is 2.27. The Labute approximate surface area is 140 Å². The van der Waals surface area contributed by atoms with Crippen LogP contribution in [0, 0.1) is 12.8 Å². The maximum Gasteiger partial charge on any atom is 0.335 e. The van der Waals surface area contributed by atoms with Crippen LogP contribution >= 0.6 is 0 Å². The van der Waals surface area contributed by atoms with Crippen LogP contribution in [0.1, 0.15) is 38.3 Å². The third-order valence-corrected chi connectivity index (χ3v) is 4.42. The van der Waals surface area contributed by atoms with Crippen molar-refractivity contribution in [2.24, 2.45) is 5.92 Å². The first kappa shape index (κ1) is 16.2. The number of benzene rings is 1. The van der Waals surface area contributed by atoms with Crippen molar-refractivity contribution < 1.29 is 14.7 Å². The number of rotatable bonds is 4. The van der Waals surface area contributed by atoms with E-state index in [4.69, 9.17) is 5.11 Å². The summed E-state index contributed by atoms with van der Waals surface area (Å²) < 4.78 is 0. The molecule has 0 aliphatic carbocycles. The van der Waals surface area contributed by atoms with Crippen LogP contribution in [0.4, 0.5) is 0 Å². The lowest BCUT2D eigenvalue weighted by molar-refractivity contribution is 0.0696. The summed E-state index contributed by atoms with van der Waals surface area (Å²) in [5.74, 6) is -0.469. The summed E-state index contributed by atoms with van der Waals surface area (Å²) >= 11 is 0. The van der Waals surface area contributed by atoms with Gasteiger partial charge >= 0.3 is 5.97 Å². The van der Waals surface area contributed by atoms with Crippen LogP contribution in [0.2, 0.25) is 0 Å². The van der Waals surface area contributed by atoms with Crippen molar-refractivity contribution in [3.05, 3.63) is 65.0 Å². The Morgan fingerprint density at radius 2 is 1.96 bits per heavy atom. The van der Waals surface area contributed by atoms with Gasteiger partial charge in [0, 0.05) is 25.5 Å². The average molecular weight is 324 g/mol. The summed E-state index contributed by atoms with van der Waals surface area (Å²) in [6.07, 6.45) is 5.18. The second-order valence-corrected chi connectivity index (χ2v) is 6.36. The molecule has 0 bridgehead atoms. The molecule has 2 aromatic rings. The molecule has 0 radical (unpaired) electrons. The van der Waals surface area contributed by atoms with Gasteiger partial charge in [0.25, 0.3) is 5.91 Å². The molecule has 1 saturated heterocycles. The molecule has 5 nitrogen and oxygen atoms in total. The average Bonchev–Trinajstić information content (AvgIpc) is 3.03. The Morgan fingerprint density at radius 3 is 2.62 bits per heavy atom. The summed E-state index contributed by atoms with van der Waals surface area (Å²) in [5, 5.41) is 8.93. The van der Waals surface area contributed by atoms with E-state index < -0.39 is 5.97 Å². The van der Waals surface area contributed by atoms with Crippen LogP contribution in [0.15, 0.2) is 42.7 Å². The Morgan fingerprint density at radius 1 is 1.21 bits per heavy atom. The van der Waals surface area contributed by atoms with Crippen molar-refractivity contribution in [1.29, 1.82) is 0 Å². The van der Waals surface area contributed by atoms with Gasteiger partial charge in [0.15, 0.2) is 0 Å². The van der Waals surface area contributed by atoms with E-state index in [2.05, 4.69) is 4.98 Å². The molecule has 1 fully saturated rings. The maximum absolute atomic E-state index is 12.5. The minimum atomic E-state index is -0.911. The molecule has 0 spiro atoms. The summed E-state index contributed by atoms with van der Waals surface area (Å²) in [4.78, 5) is 29.4. The van der Waals surface area contributed by atoms with Gasteiger partial charge in [-0.1, -0.05) is 12.1 Å². The lowest BCUT2D eigenvalue weighted by atomic mass is 9.98. The lowest BCUT2D eigenvalue weighted by Crippen LogP contribution is -2.29. The van der Waals surface area contributed by atoms with Crippen molar-refractivity contribution in [3.8, 4) is 0 Å². The van der Waals surface area contributed by atoms with Crippen LogP contribution in [0.5, 0.6) is 0 Å². The molecule has 3 rings (SSSR count). The number of hydrogen-bond acceptors (Lipinski definition) is 3. The van der Waals surface area contributed by atoms with Crippen LogP contribution in [0.3, 0.4) is 0 Å². The number of aromatic carboxylic acids is 1. The van der Waals surface area contributed by atoms with E-state index in [1.54, 1.807) is 24.5 Å². The molecule has 1 aromatic heterocycles. The van der Waals surface area contributed by atoms with Gasteiger partial charge in [0.05, 0.1) is 11.1 Å². The SMILES string of the molecule is Cc1cncc(C(=O)N2CCC(Cc3ccc(C(=O)O)cc3)C2)c1. The first-order chi connectivity index (χ1) is 11.5. The molecule has 1 aliphatic heterocycles. The zero-order valence-corrected chi connectivity index (χ0v) is 13.6. The molecule has 1 aliphatic rings. The number of nitrogens with zero attached hydrogens (tertiary/aromatic N) is 2. The van der Waals surface area contributed by atoms with Crippen molar-refractivity contribution in [2.75, 3.05) is 13.1 Å². The fourth-order valence-electron chi connectivity index (χ4n) is 3.15. The summed E-state index contributed by atoms with van der Waals surface area (Å²) in [5.41, 5.74) is 3.03. The van der Waals surface area contributed by atoms with Gasteiger partial charge in [-0.3, -0.25) is 9.78 Å². The standard InChI is InChI=1S/C19H20N2O3/c1-13-8-17(11-20-10-13)18(22)21-7-6-15(12-21)9-14-2-4-16(5-3-14)19(23)24/h2-5,8,10-11,15H,6-7,9,12H2,1H3,(H,23,24). The first-order valence-corrected chi connectivity index (χ1v) is 8.06. The number of carbonyl (C=O) groups is 2. The molecule has 24 heavy (non-hydrogen) atoms. The second kappa shape index (κ2) is 6.83. The Hall–Kier alpha value is -2.69. The zero-order valence-electron chi connectivity index (χ0n) is 13.6. The molecule has 2 heterocycles. The van der Waals surface area contributed by atoms with E-state index >= 15 is 0 Å². The molecular weight excluding hydrogens is 304 g/mol. The number of aryl methyl sites for hydroxylation is 1. The van der Waals surface area contributed by atoms with Crippen molar-refractivity contribution in [2.45, 2.75) is 19.8 Å². The number of carbonyl (C=O) groups excluding carboxylic acids is 1. The number of aromatic nitrogens is 1. The predicted molar refractivity (Wildman–Crippen MR) is 90.1 cm³/mol. The molecule has 1 amide bonds. The van der Waals surface area contributed by atoms with Gasteiger partial charge in [-0.15, -0.1) is 0 Å². The lowest BCUT2D eigenvalue weighted by Gasteiger charge is -2.17. The molecule has 0 saturated carbocycles. The summed E-state index contributed by atoms with van der Waals surface area (Å²) in [7, 11) is 0. The monoisotopic (exact) mass is 324 g/mol. The number of hydrogen-bond donors (Lipinski definition) is 1. The Bertz CT molecular complexity index is 755. The van der Waals surface area contributed by atoms with Crippen LogP contribution in [-0.4, -0.2) is 40.0 Å². The van der Waals surface area contributed by atoms with Crippen molar-refractivity contribution in [1.82, 2.24) is 9.88 Å². The quantitative estimate of drug-likeness (QED) is 0.939. The molecule has 124 valence electrons. The molecule has 1 N–H and O–H groups in total. The highest BCUT2D eigenvalue weighted by molar-refractivity contribution is 5.94. The minimum Gasteiger partial charge on any atom is -0.478 e. The van der Waals surface area contributed by atoms with E-state index in [9.17, 15) is 9.59 Å². The fourth-order valence-corrected chi connectivity index (χ4v) is 3.15. The van der Waals surface area contributed by atoms with E-state index in [0.29, 0.717) is 17.0 Å². The highest BCUT2D eigenvalue weighted by atomic mass is 16.4.